The number of benzene rings is 2. The van der Waals surface area contributed by atoms with Gasteiger partial charge in [0.2, 0.25) is 5.91 Å². The number of urea groups is 1. The van der Waals surface area contributed by atoms with Crippen LogP contribution in [0.5, 0.6) is 0 Å². The van der Waals surface area contributed by atoms with Crippen molar-refractivity contribution in [3.05, 3.63) is 65.9 Å². The van der Waals surface area contributed by atoms with Gasteiger partial charge in [-0.2, -0.15) is 10.4 Å². The van der Waals surface area contributed by atoms with Crippen LogP contribution in [0.3, 0.4) is 0 Å². The number of nitrogens with one attached hydrogen (secondary N) is 3. The number of hydrogen-bond acceptors (Lipinski definition) is 6. The molecule has 11 heteroatoms. The van der Waals surface area contributed by atoms with Crippen LogP contribution in [-0.2, 0) is 14.8 Å². The van der Waals surface area contributed by atoms with Crippen LogP contribution in [0.15, 0.2) is 59.6 Å². The van der Waals surface area contributed by atoms with E-state index < -0.39 is 16.1 Å². The molecule has 3 rings (SSSR count). The van der Waals surface area contributed by atoms with E-state index in [9.17, 15) is 23.3 Å². The van der Waals surface area contributed by atoms with Crippen molar-refractivity contribution < 1.29 is 18.0 Å². The summed E-state index contributed by atoms with van der Waals surface area (Å²) in [6.07, 6.45) is 1.24. The normalized spacial score (nSPS) is 10.7. The molecule has 0 fully saturated rings. The molecule has 0 unspecified atom stereocenters. The van der Waals surface area contributed by atoms with Crippen molar-refractivity contribution in [3.63, 3.8) is 0 Å². The van der Waals surface area contributed by atoms with Gasteiger partial charge in [0.15, 0.2) is 5.82 Å². The first-order valence-corrected chi connectivity index (χ1v) is 10.4. The van der Waals surface area contributed by atoms with E-state index in [1.165, 1.54) is 29.9 Å². The zero-order valence-electron chi connectivity index (χ0n) is 16.6. The van der Waals surface area contributed by atoms with Crippen LogP contribution in [0.4, 0.5) is 16.3 Å². The van der Waals surface area contributed by atoms with Crippen LogP contribution in [0, 0.1) is 18.3 Å². The van der Waals surface area contributed by atoms with E-state index >= 15 is 0 Å². The Balaban J connectivity index is 1.84. The van der Waals surface area contributed by atoms with Gasteiger partial charge < -0.3 is 5.32 Å². The van der Waals surface area contributed by atoms with Crippen molar-refractivity contribution in [1.82, 2.24) is 14.5 Å². The van der Waals surface area contributed by atoms with E-state index in [0.29, 0.717) is 11.4 Å². The van der Waals surface area contributed by atoms with Crippen molar-refractivity contribution in [3.8, 4) is 11.8 Å². The summed E-state index contributed by atoms with van der Waals surface area (Å²) in [6, 6.07) is 13.3. The molecule has 31 heavy (non-hydrogen) atoms. The summed E-state index contributed by atoms with van der Waals surface area (Å²) in [4.78, 5) is 23.5. The molecule has 2 aromatic carbocycles. The summed E-state index contributed by atoms with van der Waals surface area (Å²) in [5, 5.41) is 18.4. The molecule has 3 aromatic rings. The lowest BCUT2D eigenvalue weighted by Gasteiger charge is -2.12. The molecule has 0 saturated heterocycles. The van der Waals surface area contributed by atoms with Gasteiger partial charge in [-0.15, -0.1) is 0 Å². The van der Waals surface area contributed by atoms with Crippen LogP contribution in [-0.4, -0.2) is 30.1 Å². The standard InChI is InChI=1S/C20H18N6O4S/c1-13-3-9-18(10-4-13)31(29,30)25-20(28)24-19-15(11-21)12-22-26(19)17-7-5-16(6-8-17)23-14(2)27/h3-10,12H,1-2H3,(H,23,27)(H2,24,25,28). The highest BCUT2D eigenvalue weighted by atomic mass is 32.2. The minimum absolute atomic E-state index is 0.00798. The number of aryl methyl sites for hydroxylation is 1. The molecule has 0 aliphatic carbocycles. The summed E-state index contributed by atoms with van der Waals surface area (Å²) in [5.41, 5.74) is 1.94. The van der Waals surface area contributed by atoms with Gasteiger partial charge in [-0.3, -0.25) is 10.1 Å². The molecule has 0 aliphatic rings. The van der Waals surface area contributed by atoms with E-state index in [1.807, 2.05) is 17.7 Å². The van der Waals surface area contributed by atoms with E-state index in [2.05, 4.69) is 15.7 Å². The van der Waals surface area contributed by atoms with Crippen LogP contribution in [0.25, 0.3) is 5.69 Å². The average Bonchev–Trinajstić information content (AvgIpc) is 3.10. The molecule has 158 valence electrons. The maximum absolute atomic E-state index is 12.4. The van der Waals surface area contributed by atoms with Crippen molar-refractivity contribution in [2.45, 2.75) is 18.7 Å². The topological polar surface area (TPSA) is 146 Å². The van der Waals surface area contributed by atoms with Gasteiger partial charge in [0.1, 0.15) is 11.6 Å². The Hall–Kier alpha value is -4.17. The second kappa shape index (κ2) is 8.68. The number of hydrogen-bond donors (Lipinski definition) is 3. The van der Waals surface area contributed by atoms with E-state index in [0.717, 1.165) is 5.56 Å². The zero-order chi connectivity index (χ0) is 22.6. The number of nitriles is 1. The Morgan fingerprint density at radius 1 is 1.03 bits per heavy atom. The molecule has 0 aliphatic heterocycles. The Morgan fingerprint density at radius 2 is 1.68 bits per heavy atom. The first kappa shape index (κ1) is 21.5. The lowest BCUT2D eigenvalue weighted by Crippen LogP contribution is -2.35. The monoisotopic (exact) mass is 438 g/mol. The van der Waals surface area contributed by atoms with Gasteiger partial charge in [0.05, 0.1) is 16.8 Å². The van der Waals surface area contributed by atoms with E-state index in [4.69, 9.17) is 0 Å². The summed E-state index contributed by atoms with van der Waals surface area (Å²) >= 11 is 0. The predicted octanol–water partition coefficient (Wildman–Crippen LogP) is 2.52. The third kappa shape index (κ3) is 5.06. The smallest absolute Gasteiger partial charge is 0.326 e. The Kier molecular flexibility index (Phi) is 6.03. The first-order chi connectivity index (χ1) is 14.7. The molecule has 0 saturated carbocycles. The number of amides is 3. The Morgan fingerprint density at radius 3 is 2.26 bits per heavy atom. The highest BCUT2D eigenvalue weighted by Crippen LogP contribution is 2.21. The quantitative estimate of drug-likeness (QED) is 0.558. The van der Waals surface area contributed by atoms with Crippen molar-refractivity contribution in [2.24, 2.45) is 0 Å². The molecule has 0 bridgehead atoms. The van der Waals surface area contributed by atoms with E-state index in [1.54, 1.807) is 36.4 Å². The van der Waals surface area contributed by atoms with Crippen molar-refractivity contribution >= 4 is 33.5 Å². The summed E-state index contributed by atoms with van der Waals surface area (Å²) in [7, 11) is -4.11. The minimum atomic E-state index is -4.11. The highest BCUT2D eigenvalue weighted by Gasteiger charge is 2.20. The number of sulfonamides is 1. The molecule has 0 spiro atoms. The van der Waals surface area contributed by atoms with Gasteiger partial charge >= 0.3 is 6.03 Å². The molecular weight excluding hydrogens is 420 g/mol. The molecule has 1 heterocycles. The number of anilines is 2. The van der Waals surface area contributed by atoms with Gasteiger partial charge in [-0.25, -0.2) is 22.6 Å². The molecule has 0 atom stereocenters. The summed E-state index contributed by atoms with van der Waals surface area (Å²) in [6.45, 7) is 3.19. The summed E-state index contributed by atoms with van der Waals surface area (Å²) < 4.78 is 28.0. The number of nitrogens with zero attached hydrogens (tertiary/aromatic N) is 3. The fraction of sp³-hybridized carbons (Fsp3) is 0.100. The van der Waals surface area contributed by atoms with E-state index in [-0.39, 0.29) is 22.2 Å². The van der Waals surface area contributed by atoms with Gasteiger partial charge in [0.25, 0.3) is 10.0 Å². The van der Waals surface area contributed by atoms with Crippen molar-refractivity contribution in [1.29, 1.82) is 5.26 Å². The van der Waals surface area contributed by atoms with Crippen LogP contribution < -0.4 is 15.4 Å². The maximum atomic E-state index is 12.4. The zero-order valence-corrected chi connectivity index (χ0v) is 17.4. The molecule has 0 radical (unpaired) electrons. The predicted molar refractivity (Wildman–Crippen MR) is 113 cm³/mol. The van der Waals surface area contributed by atoms with Crippen LogP contribution in [0.2, 0.25) is 0 Å². The van der Waals surface area contributed by atoms with Crippen LogP contribution >= 0.6 is 0 Å². The third-order valence-corrected chi connectivity index (χ3v) is 5.46. The number of carbonyl (C=O) groups excluding carboxylic acids is 2. The second-order valence-corrected chi connectivity index (χ2v) is 8.21. The lowest BCUT2D eigenvalue weighted by atomic mass is 10.2. The molecular formula is C20H18N6O4S. The van der Waals surface area contributed by atoms with Gasteiger partial charge in [-0.05, 0) is 43.3 Å². The molecule has 10 nitrogen and oxygen atoms in total. The third-order valence-electron chi connectivity index (χ3n) is 4.11. The minimum Gasteiger partial charge on any atom is -0.326 e. The largest absolute Gasteiger partial charge is 0.334 e. The number of aromatic nitrogens is 2. The second-order valence-electron chi connectivity index (χ2n) is 6.53. The highest BCUT2D eigenvalue weighted by molar-refractivity contribution is 7.90. The number of carbonyl (C=O) groups is 2. The molecule has 3 N–H and O–H groups in total. The maximum Gasteiger partial charge on any atom is 0.334 e. The fourth-order valence-electron chi connectivity index (χ4n) is 2.67. The average molecular weight is 438 g/mol. The molecule has 3 amide bonds. The Bertz CT molecular complexity index is 1270. The summed E-state index contributed by atoms with van der Waals surface area (Å²) in [5.74, 6) is -0.237. The molecule has 1 aromatic heterocycles. The van der Waals surface area contributed by atoms with Gasteiger partial charge in [-0.1, -0.05) is 17.7 Å². The Labute approximate surface area is 178 Å². The fourth-order valence-corrected chi connectivity index (χ4v) is 3.57. The lowest BCUT2D eigenvalue weighted by molar-refractivity contribution is -0.114. The van der Waals surface area contributed by atoms with Crippen LogP contribution in [0.1, 0.15) is 18.1 Å². The number of rotatable bonds is 5. The van der Waals surface area contributed by atoms with Crippen molar-refractivity contribution in [2.75, 3.05) is 10.6 Å². The first-order valence-electron chi connectivity index (χ1n) is 8.96. The van der Waals surface area contributed by atoms with Gasteiger partial charge in [0, 0.05) is 12.6 Å². The SMILES string of the molecule is CC(=O)Nc1ccc(-n2ncc(C#N)c2NC(=O)NS(=O)(=O)c2ccc(C)cc2)cc1.